The molecule has 2 atom stereocenters. The molecule has 0 aliphatic carbocycles. The minimum absolute atomic E-state index is 0.0368. The van der Waals surface area contributed by atoms with Crippen molar-refractivity contribution >= 4 is 28.2 Å². The fourth-order valence-corrected chi connectivity index (χ4v) is 6.04. The Kier molecular flexibility index (Phi) is 7.65. The molecule has 3 heterocycles. The zero-order valence-electron chi connectivity index (χ0n) is 20.1. The third-order valence-corrected chi connectivity index (χ3v) is 7.92. The molecule has 2 aliphatic heterocycles. The van der Waals surface area contributed by atoms with Crippen LogP contribution in [0.3, 0.4) is 0 Å². The van der Waals surface area contributed by atoms with Crippen molar-refractivity contribution in [2.24, 2.45) is 0 Å². The van der Waals surface area contributed by atoms with Crippen LogP contribution in [-0.2, 0) is 24.1 Å². The largest absolute Gasteiger partial charge is 0.478 e. The lowest BCUT2D eigenvalue weighted by atomic mass is 9.97. The maximum absolute atomic E-state index is 12.7. The lowest BCUT2D eigenvalue weighted by Gasteiger charge is -2.25. The monoisotopic (exact) mass is 505 g/mol. The number of rotatable bonds is 8. The third-order valence-electron chi connectivity index (χ3n) is 6.75. The normalized spacial score (nSPS) is 19.3. The number of carbonyl (C=O) groups excluding carboxylic acids is 1. The lowest BCUT2D eigenvalue weighted by molar-refractivity contribution is 0.0344. The molecule has 1 aromatic heterocycles. The molecule has 36 heavy (non-hydrogen) atoms. The molecule has 5 rings (SSSR count). The van der Waals surface area contributed by atoms with Gasteiger partial charge in [0, 0.05) is 36.2 Å². The van der Waals surface area contributed by atoms with Gasteiger partial charge in [-0.15, -0.1) is 11.3 Å². The molecule has 4 N–H and O–H groups in total. The summed E-state index contributed by atoms with van der Waals surface area (Å²) in [4.78, 5) is 25.9. The Bertz CT molecular complexity index is 1200. The molecule has 0 radical (unpaired) electrons. The van der Waals surface area contributed by atoms with Crippen LogP contribution in [0, 0.1) is 0 Å². The van der Waals surface area contributed by atoms with E-state index in [0.717, 1.165) is 41.7 Å². The van der Waals surface area contributed by atoms with Crippen molar-refractivity contribution in [3.8, 4) is 0 Å². The number of nitrogens with one attached hydrogen (secondary N) is 3. The van der Waals surface area contributed by atoms with Crippen LogP contribution in [-0.4, -0.2) is 42.4 Å². The number of carbonyl (C=O) groups is 2. The second-order valence-corrected chi connectivity index (χ2v) is 10.5. The van der Waals surface area contributed by atoms with Crippen LogP contribution in [0.5, 0.6) is 0 Å². The highest BCUT2D eigenvalue weighted by molar-refractivity contribution is 7.16. The molecule has 2 aliphatic rings. The molecular formula is C28H31N3O4S. The second kappa shape index (κ2) is 11.2. The van der Waals surface area contributed by atoms with Gasteiger partial charge in [0.25, 0.3) is 5.91 Å². The molecule has 188 valence electrons. The number of carboxylic acid groups (broad SMARTS) is 1. The predicted octanol–water partition coefficient (Wildman–Crippen LogP) is 4.42. The first kappa shape index (κ1) is 24.5. The molecule has 1 saturated heterocycles. The summed E-state index contributed by atoms with van der Waals surface area (Å²) in [5.41, 5.74) is 4.20. The molecule has 0 bridgehead atoms. The lowest BCUT2D eigenvalue weighted by Crippen LogP contribution is -2.44. The molecule has 3 aromatic rings. The van der Waals surface area contributed by atoms with Gasteiger partial charge in [-0.2, -0.15) is 0 Å². The van der Waals surface area contributed by atoms with E-state index in [1.807, 2.05) is 42.5 Å². The average molecular weight is 506 g/mol. The van der Waals surface area contributed by atoms with Crippen LogP contribution in [0.25, 0.3) is 0 Å². The summed E-state index contributed by atoms with van der Waals surface area (Å²) in [7, 11) is 0. The topological polar surface area (TPSA) is 99.7 Å². The zero-order chi connectivity index (χ0) is 24.9. The van der Waals surface area contributed by atoms with Gasteiger partial charge < -0.3 is 25.8 Å². The molecule has 8 heteroatoms. The van der Waals surface area contributed by atoms with E-state index in [-0.39, 0.29) is 18.2 Å². The summed E-state index contributed by atoms with van der Waals surface area (Å²) in [6.07, 6.45) is 4.23. The second-order valence-electron chi connectivity index (χ2n) is 9.36. The number of thiophene rings is 1. The molecule has 1 fully saturated rings. The summed E-state index contributed by atoms with van der Waals surface area (Å²) in [5.74, 6) is -1.06. The van der Waals surface area contributed by atoms with Gasteiger partial charge in [0.05, 0.1) is 5.56 Å². The summed E-state index contributed by atoms with van der Waals surface area (Å²) in [6.45, 7) is 1.71. The highest BCUT2D eigenvalue weighted by Crippen LogP contribution is 2.37. The quantitative estimate of drug-likeness (QED) is 0.362. The van der Waals surface area contributed by atoms with Gasteiger partial charge in [0.2, 0.25) is 0 Å². The number of ether oxygens (including phenoxy) is 1. The third kappa shape index (κ3) is 5.78. The molecule has 0 saturated carbocycles. The van der Waals surface area contributed by atoms with Crippen LogP contribution in [0.2, 0.25) is 0 Å². The number of hydrogen-bond acceptors (Lipinski definition) is 6. The SMILES string of the molecule is O=C(NCC1Cc2c(sc(NC3CCCCO3)c2C(=O)O)CN1)c1ccc(Cc2ccccc2)cc1. The van der Waals surface area contributed by atoms with E-state index in [9.17, 15) is 14.7 Å². The van der Waals surface area contributed by atoms with Gasteiger partial charge in [-0.25, -0.2) is 4.79 Å². The minimum atomic E-state index is -0.925. The number of amides is 1. The summed E-state index contributed by atoms with van der Waals surface area (Å²) >= 11 is 1.49. The number of aromatic carboxylic acids is 1. The Morgan fingerprint density at radius 1 is 1.06 bits per heavy atom. The molecule has 7 nitrogen and oxygen atoms in total. The smallest absolute Gasteiger partial charge is 0.338 e. The van der Waals surface area contributed by atoms with Crippen molar-refractivity contribution in [1.29, 1.82) is 0 Å². The number of fused-ring (bicyclic) bond motifs is 1. The number of hydrogen-bond donors (Lipinski definition) is 4. The van der Waals surface area contributed by atoms with E-state index in [1.165, 1.54) is 16.9 Å². The minimum Gasteiger partial charge on any atom is -0.478 e. The molecule has 2 aromatic carbocycles. The van der Waals surface area contributed by atoms with Crippen LogP contribution in [0.15, 0.2) is 54.6 Å². The Labute approximate surface area is 214 Å². The van der Waals surface area contributed by atoms with Crippen LogP contribution < -0.4 is 16.0 Å². The van der Waals surface area contributed by atoms with Crippen molar-refractivity contribution in [3.05, 3.63) is 87.3 Å². The Hall–Kier alpha value is -3.20. The van der Waals surface area contributed by atoms with E-state index in [2.05, 4.69) is 28.1 Å². The van der Waals surface area contributed by atoms with Gasteiger partial charge >= 0.3 is 5.97 Å². The van der Waals surface area contributed by atoms with E-state index in [0.29, 0.717) is 42.2 Å². The van der Waals surface area contributed by atoms with E-state index in [1.54, 1.807) is 0 Å². The van der Waals surface area contributed by atoms with Crippen molar-refractivity contribution in [2.75, 3.05) is 18.5 Å². The fraction of sp³-hybridized carbons (Fsp3) is 0.357. The van der Waals surface area contributed by atoms with Crippen LogP contribution >= 0.6 is 11.3 Å². The maximum atomic E-state index is 12.7. The van der Waals surface area contributed by atoms with E-state index < -0.39 is 5.97 Å². The Morgan fingerprint density at radius 2 is 1.83 bits per heavy atom. The van der Waals surface area contributed by atoms with Gasteiger partial charge in [-0.1, -0.05) is 42.5 Å². The van der Waals surface area contributed by atoms with Gasteiger partial charge in [0.1, 0.15) is 11.2 Å². The van der Waals surface area contributed by atoms with Crippen molar-refractivity contribution in [3.63, 3.8) is 0 Å². The first-order chi connectivity index (χ1) is 17.6. The van der Waals surface area contributed by atoms with Crippen LogP contribution in [0.4, 0.5) is 5.00 Å². The van der Waals surface area contributed by atoms with Crippen molar-refractivity contribution < 1.29 is 19.4 Å². The van der Waals surface area contributed by atoms with Gasteiger partial charge in [-0.3, -0.25) is 4.79 Å². The maximum Gasteiger partial charge on any atom is 0.338 e. The number of benzene rings is 2. The molecule has 0 spiro atoms. The summed E-state index contributed by atoms with van der Waals surface area (Å²) in [5, 5.41) is 20.4. The molecular weight excluding hydrogens is 474 g/mol. The predicted molar refractivity (Wildman–Crippen MR) is 141 cm³/mol. The first-order valence-corrected chi connectivity index (χ1v) is 13.3. The van der Waals surface area contributed by atoms with Crippen LogP contribution in [0.1, 0.15) is 61.5 Å². The zero-order valence-corrected chi connectivity index (χ0v) is 20.9. The van der Waals surface area contributed by atoms with Gasteiger partial charge in [0.15, 0.2) is 0 Å². The fourth-order valence-electron chi connectivity index (χ4n) is 4.82. The number of anilines is 1. The van der Waals surface area contributed by atoms with E-state index >= 15 is 0 Å². The van der Waals surface area contributed by atoms with E-state index in [4.69, 9.17) is 4.74 Å². The van der Waals surface area contributed by atoms with Crippen molar-refractivity contribution in [2.45, 2.75) is 50.9 Å². The van der Waals surface area contributed by atoms with Crippen molar-refractivity contribution in [1.82, 2.24) is 10.6 Å². The Balaban J connectivity index is 1.19. The standard InChI is InChI=1S/C28H31N3O4S/c32-26(20-11-9-19(10-12-20)14-18-6-2-1-3-7-18)30-16-21-15-22-23(17-29-21)36-27(25(22)28(33)34)31-24-8-4-5-13-35-24/h1-3,6-7,9-12,21,24,29,31H,4-5,8,13-17H2,(H,30,32)(H,33,34). The number of carboxylic acids is 1. The highest BCUT2D eigenvalue weighted by Gasteiger charge is 2.30. The molecule has 2 unspecified atom stereocenters. The Morgan fingerprint density at radius 3 is 2.56 bits per heavy atom. The molecule has 1 amide bonds. The summed E-state index contributed by atoms with van der Waals surface area (Å²) in [6, 6.07) is 17.9. The first-order valence-electron chi connectivity index (χ1n) is 12.5. The highest BCUT2D eigenvalue weighted by atomic mass is 32.1. The van der Waals surface area contributed by atoms with Gasteiger partial charge in [-0.05, 0) is 60.9 Å². The average Bonchev–Trinajstić information content (AvgIpc) is 3.26. The summed E-state index contributed by atoms with van der Waals surface area (Å²) < 4.78 is 5.75.